The van der Waals surface area contributed by atoms with Gasteiger partial charge < -0.3 is 10.2 Å². The standard InChI is InChI=1S/C13H19ClN4O/c1-4-5-18-13(19)12(14)11(6-15-18)17-7-9(2)16-10(3)8-17/h4,6,9-10,16H,1,5,7-8H2,2-3H3. The van der Waals surface area contributed by atoms with E-state index in [2.05, 4.69) is 35.7 Å². The average Bonchev–Trinajstić information content (AvgIpc) is 2.34. The van der Waals surface area contributed by atoms with Gasteiger partial charge in [-0.2, -0.15) is 5.10 Å². The molecule has 2 rings (SSSR count). The average molecular weight is 283 g/mol. The molecule has 6 heteroatoms. The molecule has 2 unspecified atom stereocenters. The minimum Gasteiger partial charge on any atom is -0.366 e. The number of nitrogens with zero attached hydrogens (tertiary/aromatic N) is 3. The topological polar surface area (TPSA) is 50.2 Å². The molecule has 1 aliphatic heterocycles. The van der Waals surface area contributed by atoms with Gasteiger partial charge in [0.05, 0.1) is 18.4 Å². The van der Waals surface area contributed by atoms with Crippen molar-refractivity contribution in [2.45, 2.75) is 32.5 Å². The number of hydrogen-bond acceptors (Lipinski definition) is 4. The molecule has 0 bridgehead atoms. The van der Waals surface area contributed by atoms with Gasteiger partial charge in [0, 0.05) is 25.2 Å². The first-order valence-corrected chi connectivity index (χ1v) is 6.78. The summed E-state index contributed by atoms with van der Waals surface area (Å²) in [5.74, 6) is 0. The molecule has 0 saturated carbocycles. The maximum atomic E-state index is 12.1. The minimum atomic E-state index is -0.266. The molecule has 19 heavy (non-hydrogen) atoms. The third kappa shape index (κ3) is 2.98. The molecule has 5 nitrogen and oxygen atoms in total. The maximum absolute atomic E-state index is 12.1. The molecule has 1 N–H and O–H groups in total. The highest BCUT2D eigenvalue weighted by atomic mass is 35.5. The van der Waals surface area contributed by atoms with E-state index < -0.39 is 0 Å². The summed E-state index contributed by atoms with van der Waals surface area (Å²) in [6, 6.07) is 0.714. The van der Waals surface area contributed by atoms with Gasteiger partial charge in [0.15, 0.2) is 0 Å². The largest absolute Gasteiger partial charge is 0.366 e. The van der Waals surface area contributed by atoms with E-state index in [-0.39, 0.29) is 10.6 Å². The van der Waals surface area contributed by atoms with Gasteiger partial charge in [-0.1, -0.05) is 17.7 Å². The second-order valence-corrected chi connectivity index (χ2v) is 5.37. The first-order chi connectivity index (χ1) is 9.02. The Morgan fingerprint density at radius 3 is 2.74 bits per heavy atom. The number of piperazine rings is 1. The number of nitrogens with one attached hydrogen (secondary N) is 1. The van der Waals surface area contributed by atoms with Crippen LogP contribution in [0, 0.1) is 0 Å². The predicted molar refractivity (Wildman–Crippen MR) is 78.0 cm³/mol. The molecule has 2 atom stereocenters. The fraction of sp³-hybridized carbons (Fsp3) is 0.538. The Bertz CT molecular complexity index is 518. The molecule has 0 radical (unpaired) electrons. The predicted octanol–water partition coefficient (Wildman–Crippen LogP) is 1.27. The number of aromatic nitrogens is 2. The lowest BCUT2D eigenvalue weighted by molar-refractivity contribution is 0.406. The first-order valence-electron chi connectivity index (χ1n) is 6.40. The fourth-order valence-electron chi connectivity index (χ4n) is 2.45. The second kappa shape index (κ2) is 5.75. The highest BCUT2D eigenvalue weighted by molar-refractivity contribution is 6.33. The molecular formula is C13H19ClN4O. The van der Waals surface area contributed by atoms with Crippen LogP contribution in [0.1, 0.15) is 13.8 Å². The van der Waals surface area contributed by atoms with E-state index in [1.54, 1.807) is 12.3 Å². The van der Waals surface area contributed by atoms with Crippen LogP contribution in [0.25, 0.3) is 0 Å². The van der Waals surface area contributed by atoms with Crippen molar-refractivity contribution in [3.8, 4) is 0 Å². The third-order valence-corrected chi connectivity index (χ3v) is 3.52. The van der Waals surface area contributed by atoms with Crippen LogP contribution < -0.4 is 15.8 Å². The third-order valence-electron chi connectivity index (χ3n) is 3.17. The Morgan fingerprint density at radius 2 is 2.16 bits per heavy atom. The van der Waals surface area contributed by atoms with E-state index in [0.29, 0.717) is 24.3 Å². The minimum absolute atomic E-state index is 0.234. The number of anilines is 1. The summed E-state index contributed by atoms with van der Waals surface area (Å²) >= 11 is 6.19. The van der Waals surface area contributed by atoms with E-state index in [0.717, 1.165) is 13.1 Å². The van der Waals surface area contributed by atoms with Crippen LogP contribution in [0.2, 0.25) is 5.02 Å². The van der Waals surface area contributed by atoms with Gasteiger partial charge in [-0.15, -0.1) is 6.58 Å². The van der Waals surface area contributed by atoms with Crippen molar-refractivity contribution in [2.24, 2.45) is 0 Å². The van der Waals surface area contributed by atoms with Crippen LogP contribution in [0.15, 0.2) is 23.6 Å². The molecule has 0 aromatic carbocycles. The van der Waals surface area contributed by atoms with Crippen LogP contribution in [0.3, 0.4) is 0 Å². The fourth-order valence-corrected chi connectivity index (χ4v) is 2.72. The van der Waals surface area contributed by atoms with Gasteiger partial charge in [0.2, 0.25) is 0 Å². The van der Waals surface area contributed by atoms with E-state index in [1.807, 2.05) is 0 Å². The van der Waals surface area contributed by atoms with Crippen molar-refractivity contribution < 1.29 is 0 Å². The monoisotopic (exact) mass is 282 g/mol. The zero-order valence-corrected chi connectivity index (χ0v) is 12.0. The molecule has 0 spiro atoms. The quantitative estimate of drug-likeness (QED) is 0.849. The smallest absolute Gasteiger partial charge is 0.287 e. The zero-order valence-electron chi connectivity index (χ0n) is 11.3. The number of rotatable bonds is 3. The zero-order chi connectivity index (χ0) is 14.0. The van der Waals surface area contributed by atoms with Crippen LogP contribution in [0.5, 0.6) is 0 Å². The Balaban J connectivity index is 2.32. The number of hydrogen-bond donors (Lipinski definition) is 1. The Hall–Kier alpha value is -1.33. The summed E-state index contributed by atoms with van der Waals surface area (Å²) in [4.78, 5) is 14.2. The van der Waals surface area contributed by atoms with Crippen LogP contribution in [-0.4, -0.2) is 35.0 Å². The van der Waals surface area contributed by atoms with E-state index >= 15 is 0 Å². The summed E-state index contributed by atoms with van der Waals surface area (Å²) in [6.07, 6.45) is 3.29. The van der Waals surface area contributed by atoms with Crippen LogP contribution in [-0.2, 0) is 6.54 Å². The van der Waals surface area contributed by atoms with Crippen LogP contribution >= 0.6 is 11.6 Å². The summed E-state index contributed by atoms with van der Waals surface area (Å²) in [7, 11) is 0. The highest BCUT2D eigenvalue weighted by Gasteiger charge is 2.24. The molecule has 0 amide bonds. The molecule has 104 valence electrons. The van der Waals surface area contributed by atoms with Crippen molar-refractivity contribution in [2.75, 3.05) is 18.0 Å². The maximum Gasteiger partial charge on any atom is 0.287 e. The number of halogens is 1. The molecule has 2 heterocycles. The number of allylic oxidation sites excluding steroid dienone is 1. The van der Waals surface area contributed by atoms with E-state index in [1.165, 1.54) is 4.68 Å². The second-order valence-electron chi connectivity index (χ2n) is 4.99. The van der Waals surface area contributed by atoms with Crippen molar-refractivity contribution >= 4 is 17.3 Å². The van der Waals surface area contributed by atoms with Gasteiger partial charge in [-0.3, -0.25) is 4.79 Å². The molecular weight excluding hydrogens is 264 g/mol. The van der Waals surface area contributed by atoms with Gasteiger partial charge in [-0.25, -0.2) is 4.68 Å². The Kier molecular flexibility index (Phi) is 4.27. The summed E-state index contributed by atoms with van der Waals surface area (Å²) < 4.78 is 1.31. The lowest BCUT2D eigenvalue weighted by Gasteiger charge is -2.37. The molecule has 0 aliphatic carbocycles. The molecule has 1 fully saturated rings. The van der Waals surface area contributed by atoms with Gasteiger partial charge in [-0.05, 0) is 13.8 Å². The Morgan fingerprint density at radius 1 is 1.53 bits per heavy atom. The normalized spacial score (nSPS) is 23.4. The highest BCUT2D eigenvalue weighted by Crippen LogP contribution is 2.23. The summed E-state index contributed by atoms with van der Waals surface area (Å²) in [5, 5.41) is 7.82. The van der Waals surface area contributed by atoms with E-state index in [9.17, 15) is 4.79 Å². The van der Waals surface area contributed by atoms with Crippen molar-refractivity contribution in [3.63, 3.8) is 0 Å². The van der Waals surface area contributed by atoms with Crippen LogP contribution in [0.4, 0.5) is 5.69 Å². The lowest BCUT2D eigenvalue weighted by atomic mass is 10.1. The van der Waals surface area contributed by atoms with Crippen molar-refractivity contribution in [3.05, 3.63) is 34.2 Å². The summed E-state index contributed by atoms with van der Waals surface area (Å²) in [6.45, 7) is 9.83. The van der Waals surface area contributed by atoms with Gasteiger partial charge in [0.1, 0.15) is 5.02 Å². The van der Waals surface area contributed by atoms with Crippen molar-refractivity contribution in [1.82, 2.24) is 15.1 Å². The molecule has 1 saturated heterocycles. The van der Waals surface area contributed by atoms with Gasteiger partial charge >= 0.3 is 0 Å². The SMILES string of the molecule is C=CCn1ncc(N2CC(C)NC(C)C2)c(Cl)c1=O. The molecule has 1 aromatic heterocycles. The first kappa shape index (κ1) is 14.1. The molecule has 1 aromatic rings. The van der Waals surface area contributed by atoms with Crippen molar-refractivity contribution in [1.29, 1.82) is 0 Å². The Labute approximate surface area is 117 Å². The molecule has 1 aliphatic rings. The lowest BCUT2D eigenvalue weighted by Crippen LogP contribution is -2.54. The van der Waals surface area contributed by atoms with E-state index in [4.69, 9.17) is 11.6 Å². The van der Waals surface area contributed by atoms with Gasteiger partial charge in [0.25, 0.3) is 5.56 Å². The summed E-state index contributed by atoms with van der Waals surface area (Å²) in [5.41, 5.74) is 0.449.